The highest BCUT2D eigenvalue weighted by Gasteiger charge is 2.50. The van der Waals surface area contributed by atoms with Gasteiger partial charge in [0.1, 0.15) is 0 Å². The molecule has 0 aromatic heterocycles. The average molecular weight is 214 g/mol. The Balaban J connectivity index is 2.94. The first-order chi connectivity index (χ1) is 7.06. The first kappa shape index (κ1) is 12.0. The lowest BCUT2D eigenvalue weighted by Crippen LogP contribution is -2.44. The maximum absolute atomic E-state index is 11.7. The van der Waals surface area contributed by atoms with E-state index >= 15 is 0 Å². The third-order valence-corrected chi connectivity index (χ3v) is 3.15. The first-order valence-corrected chi connectivity index (χ1v) is 5.23. The van der Waals surface area contributed by atoms with Gasteiger partial charge in [0.2, 0.25) is 0 Å². The molecule has 0 bridgehead atoms. The molecule has 0 aromatic carbocycles. The van der Waals surface area contributed by atoms with Gasteiger partial charge < -0.3 is 9.47 Å². The van der Waals surface area contributed by atoms with E-state index in [1.165, 1.54) is 14.2 Å². The van der Waals surface area contributed by atoms with E-state index in [0.29, 0.717) is 18.8 Å². The number of hydrogen-bond acceptors (Lipinski definition) is 4. The largest absolute Gasteiger partial charge is 0.468 e. The normalized spacial score (nSPS) is 24.3. The fourth-order valence-electron chi connectivity index (χ4n) is 2.40. The number of carbonyl (C=O) groups excluding carboxylic acids is 2. The average Bonchev–Trinajstić information content (AvgIpc) is 2.26. The van der Waals surface area contributed by atoms with Gasteiger partial charge in [-0.15, -0.1) is 0 Å². The summed E-state index contributed by atoms with van der Waals surface area (Å²) in [6.45, 7) is 2.04. The molecule has 1 rings (SSSR count). The molecule has 0 amide bonds. The van der Waals surface area contributed by atoms with E-state index in [0.717, 1.165) is 12.8 Å². The van der Waals surface area contributed by atoms with Gasteiger partial charge in [0.25, 0.3) is 0 Å². The molecule has 1 atom stereocenters. The Kier molecular flexibility index (Phi) is 3.72. The summed E-state index contributed by atoms with van der Waals surface area (Å²) in [5.41, 5.74) is -1.05. The Labute approximate surface area is 89.9 Å². The van der Waals surface area contributed by atoms with Gasteiger partial charge in [0.05, 0.1) is 14.2 Å². The van der Waals surface area contributed by atoms with Crippen molar-refractivity contribution in [2.45, 2.75) is 32.6 Å². The van der Waals surface area contributed by atoms with Crippen LogP contribution in [0.2, 0.25) is 0 Å². The monoisotopic (exact) mass is 214 g/mol. The van der Waals surface area contributed by atoms with Gasteiger partial charge >= 0.3 is 11.9 Å². The fraction of sp³-hybridized carbons (Fsp3) is 0.818. The Morgan fingerprint density at radius 1 is 1.20 bits per heavy atom. The second-order valence-electron chi connectivity index (χ2n) is 4.27. The molecule has 1 saturated carbocycles. The Morgan fingerprint density at radius 3 is 2.13 bits per heavy atom. The molecular formula is C11H18O4. The van der Waals surface area contributed by atoms with Crippen LogP contribution in [0.4, 0.5) is 0 Å². The van der Waals surface area contributed by atoms with Crippen molar-refractivity contribution in [3.8, 4) is 0 Å². The molecule has 1 aliphatic carbocycles. The maximum Gasteiger partial charge on any atom is 0.323 e. The van der Waals surface area contributed by atoms with Crippen LogP contribution in [-0.4, -0.2) is 26.2 Å². The zero-order chi connectivity index (χ0) is 11.5. The van der Waals surface area contributed by atoms with Crippen molar-refractivity contribution < 1.29 is 19.1 Å². The van der Waals surface area contributed by atoms with Gasteiger partial charge in [0, 0.05) is 0 Å². The number of carbonyl (C=O) groups is 2. The number of esters is 2. The van der Waals surface area contributed by atoms with Crippen molar-refractivity contribution in [1.29, 1.82) is 0 Å². The SMILES string of the molecule is COC(=O)C1(C(=O)OC)CCCC(C)C1. The van der Waals surface area contributed by atoms with Crippen molar-refractivity contribution in [2.75, 3.05) is 14.2 Å². The van der Waals surface area contributed by atoms with Crippen LogP contribution >= 0.6 is 0 Å². The zero-order valence-corrected chi connectivity index (χ0v) is 9.54. The predicted octanol–water partition coefficient (Wildman–Crippen LogP) is 1.53. The molecule has 0 aliphatic heterocycles. The number of rotatable bonds is 2. The van der Waals surface area contributed by atoms with E-state index < -0.39 is 17.4 Å². The molecule has 1 aliphatic rings. The summed E-state index contributed by atoms with van der Waals surface area (Å²) in [6, 6.07) is 0. The van der Waals surface area contributed by atoms with Crippen LogP contribution in [0.15, 0.2) is 0 Å². The topological polar surface area (TPSA) is 52.6 Å². The predicted molar refractivity (Wildman–Crippen MR) is 54.1 cm³/mol. The van der Waals surface area contributed by atoms with E-state index in [2.05, 4.69) is 0 Å². The van der Waals surface area contributed by atoms with Crippen molar-refractivity contribution in [3.63, 3.8) is 0 Å². The van der Waals surface area contributed by atoms with Crippen LogP contribution in [0.1, 0.15) is 32.6 Å². The molecule has 15 heavy (non-hydrogen) atoms. The summed E-state index contributed by atoms with van der Waals surface area (Å²) in [5.74, 6) is -0.557. The third-order valence-electron chi connectivity index (χ3n) is 3.15. The second-order valence-corrected chi connectivity index (χ2v) is 4.27. The molecule has 1 fully saturated rings. The van der Waals surface area contributed by atoms with Crippen molar-refractivity contribution >= 4 is 11.9 Å². The molecule has 0 spiro atoms. The molecule has 86 valence electrons. The maximum atomic E-state index is 11.7. The van der Waals surface area contributed by atoms with E-state index in [4.69, 9.17) is 9.47 Å². The summed E-state index contributed by atoms with van der Waals surface area (Å²) in [6.07, 6.45) is 2.99. The lowest BCUT2D eigenvalue weighted by atomic mass is 9.70. The number of hydrogen-bond donors (Lipinski definition) is 0. The lowest BCUT2D eigenvalue weighted by molar-refractivity contribution is -0.173. The smallest absolute Gasteiger partial charge is 0.323 e. The summed E-state index contributed by atoms with van der Waals surface area (Å²) >= 11 is 0. The van der Waals surface area contributed by atoms with Crippen molar-refractivity contribution in [1.82, 2.24) is 0 Å². The van der Waals surface area contributed by atoms with Gasteiger partial charge in [-0.25, -0.2) is 0 Å². The van der Waals surface area contributed by atoms with E-state index in [1.807, 2.05) is 6.92 Å². The minimum atomic E-state index is -1.05. The molecule has 0 heterocycles. The standard InChI is InChI=1S/C11H18O4/c1-8-5-4-6-11(7-8,9(12)14-2)10(13)15-3/h8H,4-7H2,1-3H3. The van der Waals surface area contributed by atoms with Gasteiger partial charge in [-0.05, 0) is 18.8 Å². The Bertz CT molecular complexity index is 243. The molecule has 0 N–H and O–H groups in total. The Morgan fingerprint density at radius 2 is 1.73 bits per heavy atom. The summed E-state index contributed by atoms with van der Waals surface area (Å²) in [7, 11) is 2.62. The van der Waals surface area contributed by atoms with Crippen LogP contribution < -0.4 is 0 Å². The zero-order valence-electron chi connectivity index (χ0n) is 9.54. The minimum Gasteiger partial charge on any atom is -0.468 e. The van der Waals surface area contributed by atoms with Gasteiger partial charge in [0.15, 0.2) is 5.41 Å². The molecule has 0 aromatic rings. The number of ether oxygens (including phenoxy) is 2. The molecule has 0 radical (unpaired) electrons. The number of methoxy groups -OCH3 is 2. The molecule has 4 nitrogen and oxygen atoms in total. The molecule has 4 heteroatoms. The Hall–Kier alpha value is -1.06. The molecule has 0 saturated heterocycles. The summed E-state index contributed by atoms with van der Waals surface area (Å²) in [4.78, 5) is 23.4. The third kappa shape index (κ3) is 2.13. The molecular weight excluding hydrogens is 196 g/mol. The second kappa shape index (κ2) is 4.64. The van der Waals surface area contributed by atoms with E-state index in [9.17, 15) is 9.59 Å². The minimum absolute atomic E-state index is 0.358. The highest BCUT2D eigenvalue weighted by molar-refractivity contribution is 6.00. The van der Waals surface area contributed by atoms with Gasteiger partial charge in [-0.2, -0.15) is 0 Å². The fourth-order valence-corrected chi connectivity index (χ4v) is 2.40. The van der Waals surface area contributed by atoms with Crippen LogP contribution in [0.3, 0.4) is 0 Å². The van der Waals surface area contributed by atoms with E-state index in [-0.39, 0.29) is 0 Å². The summed E-state index contributed by atoms with van der Waals surface area (Å²) < 4.78 is 9.45. The van der Waals surface area contributed by atoms with Crippen LogP contribution in [-0.2, 0) is 19.1 Å². The molecule has 1 unspecified atom stereocenters. The first-order valence-electron chi connectivity index (χ1n) is 5.23. The lowest BCUT2D eigenvalue weighted by Gasteiger charge is -2.34. The van der Waals surface area contributed by atoms with Gasteiger partial charge in [-0.1, -0.05) is 19.8 Å². The van der Waals surface area contributed by atoms with Crippen LogP contribution in [0, 0.1) is 11.3 Å². The quantitative estimate of drug-likeness (QED) is 0.516. The van der Waals surface area contributed by atoms with Crippen LogP contribution in [0.25, 0.3) is 0 Å². The van der Waals surface area contributed by atoms with Gasteiger partial charge in [-0.3, -0.25) is 9.59 Å². The van der Waals surface area contributed by atoms with Crippen LogP contribution in [0.5, 0.6) is 0 Å². The van der Waals surface area contributed by atoms with Crippen molar-refractivity contribution in [3.05, 3.63) is 0 Å². The highest BCUT2D eigenvalue weighted by atomic mass is 16.5. The summed E-state index contributed by atoms with van der Waals surface area (Å²) in [5, 5.41) is 0. The van der Waals surface area contributed by atoms with E-state index in [1.54, 1.807) is 0 Å². The van der Waals surface area contributed by atoms with Crippen molar-refractivity contribution in [2.24, 2.45) is 11.3 Å². The highest BCUT2D eigenvalue weighted by Crippen LogP contribution is 2.41.